The predicted molar refractivity (Wildman–Crippen MR) is 88.4 cm³/mol. The molecule has 0 fully saturated rings. The van der Waals surface area contributed by atoms with Gasteiger partial charge in [0.25, 0.3) is 5.91 Å². The Morgan fingerprint density at radius 1 is 1.27 bits per heavy atom. The van der Waals surface area contributed by atoms with Crippen molar-refractivity contribution in [3.05, 3.63) is 21.4 Å². The van der Waals surface area contributed by atoms with E-state index in [9.17, 15) is 9.59 Å². The molecule has 1 aromatic heterocycles. The molecule has 0 saturated carbocycles. The molecule has 4 nitrogen and oxygen atoms in total. The van der Waals surface area contributed by atoms with Gasteiger partial charge in [0.1, 0.15) is 4.88 Å². The van der Waals surface area contributed by atoms with E-state index in [1.54, 1.807) is 0 Å². The average molecular weight is 323 g/mol. The minimum Gasteiger partial charge on any atom is -0.451 e. The molecule has 0 aliphatic heterocycles. The second kappa shape index (κ2) is 8.32. The number of ether oxygens (including phenoxy) is 1. The van der Waals surface area contributed by atoms with Crippen LogP contribution in [0.1, 0.15) is 66.1 Å². The van der Waals surface area contributed by atoms with Crippen LogP contribution in [-0.4, -0.2) is 24.5 Å². The average Bonchev–Trinajstić information content (AvgIpc) is 2.87. The molecule has 1 heterocycles. The van der Waals surface area contributed by atoms with Gasteiger partial charge in [-0.05, 0) is 50.7 Å². The fraction of sp³-hybridized carbons (Fsp3) is 0.647. The number of fused-ring (bicyclic) bond motifs is 1. The maximum atomic E-state index is 12.1. The summed E-state index contributed by atoms with van der Waals surface area (Å²) < 4.78 is 5.13. The Balaban J connectivity index is 1.90. The zero-order chi connectivity index (χ0) is 15.9. The Morgan fingerprint density at radius 2 is 2.00 bits per heavy atom. The largest absolute Gasteiger partial charge is 0.451 e. The van der Waals surface area contributed by atoms with Crippen LogP contribution in [0.25, 0.3) is 0 Å². The van der Waals surface area contributed by atoms with Crippen LogP contribution in [0.2, 0.25) is 0 Å². The smallest absolute Gasteiger partial charge is 0.348 e. The number of thiophene rings is 1. The van der Waals surface area contributed by atoms with Crippen LogP contribution in [-0.2, 0) is 22.4 Å². The number of esters is 1. The summed E-state index contributed by atoms with van der Waals surface area (Å²) in [5, 5.41) is 2.79. The van der Waals surface area contributed by atoms with Crippen LogP contribution in [0.15, 0.2) is 6.07 Å². The molecule has 1 aliphatic rings. The lowest BCUT2D eigenvalue weighted by molar-refractivity contribution is -0.124. The number of aryl methyl sites for hydroxylation is 2. The molecule has 1 aromatic rings. The number of carbonyl (C=O) groups excluding carboxylic acids is 2. The zero-order valence-electron chi connectivity index (χ0n) is 13.4. The van der Waals surface area contributed by atoms with Crippen LogP contribution in [0.5, 0.6) is 0 Å². The van der Waals surface area contributed by atoms with Gasteiger partial charge in [-0.1, -0.05) is 19.8 Å². The topological polar surface area (TPSA) is 55.4 Å². The van der Waals surface area contributed by atoms with E-state index < -0.39 is 0 Å². The molecular weight excluding hydrogens is 298 g/mol. The number of hydrogen-bond acceptors (Lipinski definition) is 4. The first kappa shape index (κ1) is 17.0. The maximum Gasteiger partial charge on any atom is 0.348 e. The van der Waals surface area contributed by atoms with Gasteiger partial charge in [-0.15, -0.1) is 11.3 Å². The molecule has 0 spiro atoms. The number of hydrogen-bond donors (Lipinski definition) is 1. The van der Waals surface area contributed by atoms with E-state index >= 15 is 0 Å². The Bertz CT molecular complexity index is 498. The summed E-state index contributed by atoms with van der Waals surface area (Å²) in [5.41, 5.74) is 1.29. The normalized spacial score (nSPS) is 16.1. The summed E-state index contributed by atoms with van der Waals surface area (Å²) in [4.78, 5) is 25.7. The van der Waals surface area contributed by atoms with Crippen molar-refractivity contribution in [2.75, 3.05) is 6.61 Å². The van der Waals surface area contributed by atoms with Gasteiger partial charge in [0.15, 0.2) is 6.61 Å². The van der Waals surface area contributed by atoms with Crippen molar-refractivity contribution in [1.29, 1.82) is 0 Å². The molecule has 1 atom stereocenters. The Labute approximate surface area is 136 Å². The van der Waals surface area contributed by atoms with Crippen LogP contribution in [0.3, 0.4) is 0 Å². The van der Waals surface area contributed by atoms with Gasteiger partial charge in [-0.2, -0.15) is 0 Å². The highest BCUT2D eigenvalue weighted by Gasteiger charge is 2.18. The quantitative estimate of drug-likeness (QED) is 0.844. The first-order valence-electron chi connectivity index (χ1n) is 8.18. The number of rotatable bonds is 5. The van der Waals surface area contributed by atoms with Gasteiger partial charge in [0.2, 0.25) is 0 Å². The Kier molecular flexibility index (Phi) is 6.43. The van der Waals surface area contributed by atoms with Crippen LogP contribution in [0.4, 0.5) is 0 Å². The van der Waals surface area contributed by atoms with Gasteiger partial charge < -0.3 is 10.1 Å². The highest BCUT2D eigenvalue weighted by atomic mass is 32.1. The monoisotopic (exact) mass is 323 g/mol. The molecule has 1 N–H and O–H groups in total. The van der Waals surface area contributed by atoms with Gasteiger partial charge in [-0.25, -0.2) is 4.79 Å². The molecule has 2 rings (SSSR count). The van der Waals surface area contributed by atoms with E-state index in [1.807, 2.05) is 19.9 Å². The molecule has 0 radical (unpaired) electrons. The van der Waals surface area contributed by atoms with E-state index in [0.29, 0.717) is 4.88 Å². The van der Waals surface area contributed by atoms with Crippen LogP contribution in [0, 0.1) is 0 Å². The zero-order valence-corrected chi connectivity index (χ0v) is 14.3. The maximum absolute atomic E-state index is 12.1. The number of nitrogens with one attached hydrogen (secondary N) is 1. The van der Waals surface area contributed by atoms with E-state index in [0.717, 1.165) is 19.3 Å². The van der Waals surface area contributed by atoms with Gasteiger partial charge in [0, 0.05) is 10.9 Å². The van der Waals surface area contributed by atoms with Crippen LogP contribution < -0.4 is 5.32 Å². The lowest BCUT2D eigenvalue weighted by Gasteiger charge is -2.11. The van der Waals surface area contributed by atoms with Gasteiger partial charge in [-0.3, -0.25) is 4.79 Å². The summed E-state index contributed by atoms with van der Waals surface area (Å²) in [6.45, 7) is 3.73. The van der Waals surface area contributed by atoms with Crippen LogP contribution >= 0.6 is 11.3 Å². The van der Waals surface area contributed by atoms with Gasteiger partial charge >= 0.3 is 5.97 Å². The molecular formula is C17H25NO3S. The molecule has 0 aromatic carbocycles. The fourth-order valence-corrected chi connectivity index (χ4v) is 3.71. The van der Waals surface area contributed by atoms with Crippen molar-refractivity contribution >= 4 is 23.2 Å². The van der Waals surface area contributed by atoms with Crippen molar-refractivity contribution in [3.63, 3.8) is 0 Å². The van der Waals surface area contributed by atoms with Crippen molar-refractivity contribution in [3.8, 4) is 0 Å². The second-order valence-corrected chi connectivity index (χ2v) is 7.06. The summed E-state index contributed by atoms with van der Waals surface area (Å²) in [6, 6.07) is 2.06. The Hall–Kier alpha value is -1.36. The SMILES string of the molecule is CCC(C)NC(=O)COC(=O)c1cc2c(s1)CCCCCC2. The molecule has 122 valence electrons. The molecule has 1 aliphatic carbocycles. The predicted octanol–water partition coefficient (Wildman–Crippen LogP) is 3.48. The second-order valence-electron chi connectivity index (χ2n) is 5.93. The number of amides is 1. The summed E-state index contributed by atoms with van der Waals surface area (Å²) >= 11 is 1.53. The lowest BCUT2D eigenvalue weighted by Crippen LogP contribution is -2.35. The summed E-state index contributed by atoms with van der Waals surface area (Å²) in [7, 11) is 0. The summed E-state index contributed by atoms with van der Waals surface area (Å²) in [5.74, 6) is -0.617. The third-order valence-corrected chi connectivity index (χ3v) is 5.27. The first-order valence-corrected chi connectivity index (χ1v) is 9.00. The standard InChI is InChI=1S/C17H25NO3S/c1-3-12(2)18-16(19)11-21-17(20)15-10-13-8-6-4-5-7-9-14(13)22-15/h10,12H,3-9,11H2,1-2H3,(H,18,19). The lowest BCUT2D eigenvalue weighted by atomic mass is 10.00. The molecule has 5 heteroatoms. The molecule has 22 heavy (non-hydrogen) atoms. The van der Waals surface area contributed by atoms with Crippen molar-refractivity contribution < 1.29 is 14.3 Å². The Morgan fingerprint density at radius 3 is 2.73 bits per heavy atom. The van der Waals surface area contributed by atoms with E-state index in [2.05, 4.69) is 5.32 Å². The van der Waals surface area contributed by atoms with Crippen molar-refractivity contribution in [2.45, 2.75) is 64.8 Å². The molecule has 1 amide bonds. The van der Waals surface area contributed by atoms with Crippen molar-refractivity contribution in [2.24, 2.45) is 0 Å². The van der Waals surface area contributed by atoms with E-state index in [-0.39, 0.29) is 24.5 Å². The highest BCUT2D eigenvalue weighted by molar-refractivity contribution is 7.14. The van der Waals surface area contributed by atoms with Crippen molar-refractivity contribution in [1.82, 2.24) is 5.32 Å². The van der Waals surface area contributed by atoms with E-state index in [4.69, 9.17) is 4.74 Å². The number of carbonyl (C=O) groups is 2. The fourth-order valence-electron chi connectivity index (χ4n) is 2.57. The minimum atomic E-state index is -0.379. The van der Waals surface area contributed by atoms with Gasteiger partial charge in [0.05, 0.1) is 0 Å². The third kappa shape index (κ3) is 4.83. The van der Waals surface area contributed by atoms with E-state index in [1.165, 1.54) is 47.5 Å². The third-order valence-electron chi connectivity index (χ3n) is 4.05. The minimum absolute atomic E-state index is 0.104. The molecule has 0 saturated heterocycles. The summed E-state index contributed by atoms with van der Waals surface area (Å²) in [6.07, 6.45) is 7.89. The highest BCUT2D eigenvalue weighted by Crippen LogP contribution is 2.28. The molecule has 0 bridgehead atoms. The first-order chi connectivity index (χ1) is 10.6. The molecule has 1 unspecified atom stereocenters.